The van der Waals surface area contributed by atoms with Gasteiger partial charge in [-0.1, -0.05) is 35.0 Å². The van der Waals surface area contributed by atoms with Gasteiger partial charge in [-0.2, -0.15) is 0 Å². The second kappa shape index (κ2) is 10.6. The van der Waals surface area contributed by atoms with Gasteiger partial charge in [0.2, 0.25) is 5.91 Å². The van der Waals surface area contributed by atoms with Gasteiger partial charge in [0.25, 0.3) is 0 Å². The van der Waals surface area contributed by atoms with E-state index in [1.807, 2.05) is 0 Å². The number of halogens is 2. The minimum atomic E-state index is -0.219. The van der Waals surface area contributed by atoms with Gasteiger partial charge in [0, 0.05) is 24.2 Å². The molecule has 0 aliphatic rings. The maximum atomic E-state index is 12.4. The van der Waals surface area contributed by atoms with Crippen molar-refractivity contribution in [2.45, 2.75) is 11.8 Å². The first-order chi connectivity index (χ1) is 14.9. The summed E-state index contributed by atoms with van der Waals surface area (Å²) in [5.74, 6) is 2.10. The Labute approximate surface area is 193 Å². The number of carbonyl (C=O) groups is 1. The van der Waals surface area contributed by atoms with Crippen LogP contribution in [0.3, 0.4) is 0 Å². The van der Waals surface area contributed by atoms with E-state index in [4.69, 9.17) is 37.4 Å². The smallest absolute Gasteiger partial charge is 0.234 e. The molecule has 31 heavy (non-hydrogen) atoms. The Morgan fingerprint density at radius 2 is 1.90 bits per heavy atom. The Morgan fingerprint density at radius 3 is 2.65 bits per heavy atom. The lowest BCUT2D eigenvalue weighted by molar-refractivity contribution is -0.113. The molecule has 3 rings (SSSR count). The Hall–Kier alpha value is -2.62. The van der Waals surface area contributed by atoms with Crippen molar-refractivity contribution in [3.63, 3.8) is 0 Å². The minimum Gasteiger partial charge on any atom is -0.497 e. The summed E-state index contributed by atoms with van der Waals surface area (Å²) in [6.07, 6.45) is 0. The number of thioether (sulfide) groups is 1. The first-order valence-electron chi connectivity index (χ1n) is 9.02. The topological polar surface area (TPSA) is 87.5 Å². The molecule has 1 aromatic heterocycles. The normalized spacial score (nSPS) is 10.6. The van der Waals surface area contributed by atoms with Crippen LogP contribution in [-0.4, -0.2) is 40.6 Å². The molecule has 164 valence electrons. The first kappa shape index (κ1) is 23.1. The van der Waals surface area contributed by atoms with Crippen LogP contribution in [0.1, 0.15) is 5.82 Å². The fourth-order valence-electron chi connectivity index (χ4n) is 2.55. The number of anilines is 1. The first-order valence-corrected chi connectivity index (χ1v) is 10.8. The van der Waals surface area contributed by atoms with E-state index < -0.39 is 0 Å². The number of nitrogens with zero attached hydrogens (tertiary/aromatic N) is 3. The SMILES string of the molecule is COc1ccc(OC)c(NC(=O)CSc2nnc(COc3cc(Cl)ccc3Cl)n2C)c1. The zero-order valence-corrected chi connectivity index (χ0v) is 19.3. The van der Waals surface area contributed by atoms with Gasteiger partial charge >= 0.3 is 0 Å². The maximum absolute atomic E-state index is 12.4. The molecular formula is C20H20Cl2N4O4S. The number of ether oxygens (including phenoxy) is 3. The summed E-state index contributed by atoms with van der Waals surface area (Å²) >= 11 is 13.3. The van der Waals surface area contributed by atoms with E-state index >= 15 is 0 Å². The maximum Gasteiger partial charge on any atom is 0.234 e. The van der Waals surface area contributed by atoms with Crippen molar-refractivity contribution < 1.29 is 19.0 Å². The molecule has 0 saturated carbocycles. The molecule has 0 fully saturated rings. The standard InChI is InChI=1S/C20H20Cl2N4O4S/c1-26-18(10-30-17-8-12(21)4-6-14(17)22)24-25-20(26)31-11-19(27)23-15-9-13(28-2)5-7-16(15)29-3/h4-9H,10-11H2,1-3H3,(H,23,27). The van der Waals surface area contributed by atoms with E-state index in [1.54, 1.807) is 55.1 Å². The summed E-state index contributed by atoms with van der Waals surface area (Å²) in [7, 11) is 4.88. The summed E-state index contributed by atoms with van der Waals surface area (Å²) in [6.45, 7) is 0.150. The van der Waals surface area contributed by atoms with Crippen molar-refractivity contribution in [1.29, 1.82) is 0 Å². The molecule has 0 aliphatic heterocycles. The molecule has 1 amide bonds. The number of benzene rings is 2. The lowest BCUT2D eigenvalue weighted by atomic mass is 10.2. The van der Waals surface area contributed by atoms with Crippen LogP contribution in [0, 0.1) is 0 Å². The predicted molar refractivity (Wildman–Crippen MR) is 121 cm³/mol. The van der Waals surface area contributed by atoms with Crippen molar-refractivity contribution in [2.75, 3.05) is 25.3 Å². The van der Waals surface area contributed by atoms with Gasteiger partial charge in [-0.25, -0.2) is 0 Å². The van der Waals surface area contributed by atoms with Crippen LogP contribution >= 0.6 is 35.0 Å². The van der Waals surface area contributed by atoms with E-state index in [0.717, 1.165) is 0 Å². The molecule has 1 heterocycles. The number of nitrogens with one attached hydrogen (secondary N) is 1. The highest BCUT2D eigenvalue weighted by molar-refractivity contribution is 7.99. The molecule has 0 bridgehead atoms. The molecule has 0 saturated heterocycles. The predicted octanol–water partition coefficient (Wildman–Crippen LogP) is 4.45. The Kier molecular flexibility index (Phi) is 7.89. The number of hydrogen-bond acceptors (Lipinski definition) is 7. The highest BCUT2D eigenvalue weighted by Gasteiger charge is 2.14. The Balaban J connectivity index is 1.58. The number of aromatic nitrogens is 3. The van der Waals surface area contributed by atoms with E-state index in [9.17, 15) is 4.79 Å². The summed E-state index contributed by atoms with van der Waals surface area (Å²) in [4.78, 5) is 12.4. The highest BCUT2D eigenvalue weighted by Crippen LogP contribution is 2.30. The van der Waals surface area contributed by atoms with E-state index in [2.05, 4.69) is 15.5 Å². The number of amides is 1. The summed E-state index contributed by atoms with van der Waals surface area (Å²) in [5, 5.41) is 12.6. The highest BCUT2D eigenvalue weighted by atomic mass is 35.5. The number of carbonyl (C=O) groups excluding carboxylic acids is 1. The third-order valence-electron chi connectivity index (χ3n) is 4.19. The van der Waals surface area contributed by atoms with Gasteiger partial charge in [-0.05, 0) is 24.3 Å². The van der Waals surface area contributed by atoms with Gasteiger partial charge in [0.1, 0.15) is 23.9 Å². The molecule has 2 aromatic carbocycles. The zero-order valence-electron chi connectivity index (χ0n) is 17.0. The second-order valence-corrected chi connectivity index (χ2v) is 8.01. The third-order valence-corrected chi connectivity index (χ3v) is 5.76. The van der Waals surface area contributed by atoms with Crippen molar-refractivity contribution in [2.24, 2.45) is 7.05 Å². The minimum absolute atomic E-state index is 0.132. The van der Waals surface area contributed by atoms with Gasteiger partial charge in [-0.15, -0.1) is 10.2 Å². The summed E-state index contributed by atoms with van der Waals surface area (Å²) in [5.41, 5.74) is 0.526. The fraction of sp³-hybridized carbons (Fsp3) is 0.250. The van der Waals surface area contributed by atoms with Crippen molar-refractivity contribution in [1.82, 2.24) is 14.8 Å². The number of methoxy groups -OCH3 is 2. The molecule has 0 radical (unpaired) electrons. The van der Waals surface area contributed by atoms with Crippen LogP contribution in [0.2, 0.25) is 10.0 Å². The van der Waals surface area contributed by atoms with Crippen LogP contribution in [-0.2, 0) is 18.4 Å². The Morgan fingerprint density at radius 1 is 1.10 bits per heavy atom. The van der Waals surface area contributed by atoms with Crippen molar-refractivity contribution >= 4 is 46.6 Å². The van der Waals surface area contributed by atoms with E-state index in [-0.39, 0.29) is 18.3 Å². The van der Waals surface area contributed by atoms with Gasteiger partial charge in [-0.3, -0.25) is 4.79 Å². The largest absolute Gasteiger partial charge is 0.497 e. The third kappa shape index (κ3) is 5.96. The van der Waals surface area contributed by atoms with Gasteiger partial charge in [0.05, 0.1) is 30.7 Å². The molecule has 8 nitrogen and oxygen atoms in total. The molecule has 0 aliphatic carbocycles. The summed E-state index contributed by atoms with van der Waals surface area (Å²) in [6, 6.07) is 10.1. The van der Waals surface area contributed by atoms with E-state index in [0.29, 0.717) is 44.0 Å². The van der Waals surface area contributed by atoms with Crippen molar-refractivity contribution in [3.05, 3.63) is 52.3 Å². The second-order valence-electron chi connectivity index (χ2n) is 6.22. The molecule has 0 unspecified atom stereocenters. The quantitative estimate of drug-likeness (QED) is 0.450. The lowest BCUT2D eigenvalue weighted by Gasteiger charge is -2.11. The van der Waals surface area contributed by atoms with Crippen LogP contribution < -0.4 is 19.5 Å². The van der Waals surface area contributed by atoms with E-state index in [1.165, 1.54) is 18.9 Å². The van der Waals surface area contributed by atoms with Crippen LogP contribution in [0.25, 0.3) is 0 Å². The average Bonchev–Trinajstić information content (AvgIpc) is 3.12. The fourth-order valence-corrected chi connectivity index (χ4v) is 3.62. The van der Waals surface area contributed by atoms with Gasteiger partial charge < -0.3 is 24.1 Å². The zero-order chi connectivity index (χ0) is 22.4. The molecule has 11 heteroatoms. The number of rotatable bonds is 9. The molecule has 1 N–H and O–H groups in total. The molecule has 3 aromatic rings. The van der Waals surface area contributed by atoms with Crippen molar-refractivity contribution in [3.8, 4) is 17.2 Å². The summed E-state index contributed by atoms with van der Waals surface area (Å²) < 4.78 is 17.9. The van der Waals surface area contributed by atoms with Crippen LogP contribution in [0.5, 0.6) is 17.2 Å². The molecule has 0 atom stereocenters. The number of hydrogen-bond donors (Lipinski definition) is 1. The monoisotopic (exact) mass is 482 g/mol. The van der Waals surface area contributed by atoms with Crippen LogP contribution in [0.4, 0.5) is 5.69 Å². The average molecular weight is 483 g/mol. The van der Waals surface area contributed by atoms with Crippen LogP contribution in [0.15, 0.2) is 41.6 Å². The molecule has 0 spiro atoms. The Bertz CT molecular complexity index is 1080. The molecular weight excluding hydrogens is 463 g/mol. The lowest BCUT2D eigenvalue weighted by Crippen LogP contribution is -2.15. The van der Waals surface area contributed by atoms with Gasteiger partial charge in [0.15, 0.2) is 11.0 Å².